The van der Waals surface area contributed by atoms with Gasteiger partial charge in [-0.2, -0.15) is 0 Å². The number of ether oxygens (including phenoxy) is 2. The summed E-state index contributed by atoms with van der Waals surface area (Å²) >= 11 is 0. The number of allylic oxidation sites excluding steroid dienone is 8. The highest BCUT2D eigenvalue weighted by Gasteiger charge is 2.51. The summed E-state index contributed by atoms with van der Waals surface area (Å²) in [5, 5.41) is 50.1. The molecule has 0 aromatic heterocycles. The van der Waals surface area contributed by atoms with Crippen molar-refractivity contribution in [1.29, 1.82) is 0 Å². The van der Waals surface area contributed by atoms with Crippen molar-refractivity contribution in [3.63, 3.8) is 0 Å². The Labute approximate surface area is 367 Å². The number of phosphoric acid groups is 1. The lowest BCUT2D eigenvalue weighted by molar-refractivity contribution is -0.220. The third kappa shape index (κ3) is 29.7. The molecule has 1 saturated carbocycles. The van der Waals surface area contributed by atoms with E-state index in [9.17, 15) is 44.6 Å². The minimum Gasteiger partial charge on any atom is -0.462 e. The predicted molar refractivity (Wildman–Crippen MR) is 239 cm³/mol. The van der Waals surface area contributed by atoms with Gasteiger partial charge < -0.3 is 39.9 Å². The zero-order valence-electron chi connectivity index (χ0n) is 37.4. The Hall–Kier alpha value is -2.19. The molecule has 1 fully saturated rings. The van der Waals surface area contributed by atoms with Gasteiger partial charge in [-0.3, -0.25) is 18.6 Å². The highest BCUT2D eigenvalue weighted by atomic mass is 31.2. The number of rotatable bonds is 38. The van der Waals surface area contributed by atoms with Crippen molar-refractivity contribution in [3.8, 4) is 0 Å². The van der Waals surface area contributed by atoms with Crippen LogP contribution in [0.5, 0.6) is 0 Å². The van der Waals surface area contributed by atoms with Crippen LogP contribution < -0.4 is 0 Å². The summed E-state index contributed by atoms with van der Waals surface area (Å²) in [6.45, 7) is 3.24. The van der Waals surface area contributed by atoms with E-state index in [-0.39, 0.29) is 12.8 Å². The monoisotopic (exact) mass is 887 g/mol. The minimum absolute atomic E-state index is 0.0594. The quantitative estimate of drug-likeness (QED) is 0.0148. The Kier molecular flexibility index (Phi) is 34.7. The Balaban J connectivity index is 2.48. The van der Waals surface area contributed by atoms with Crippen molar-refractivity contribution in [2.45, 2.75) is 224 Å². The molecule has 1 aliphatic rings. The van der Waals surface area contributed by atoms with E-state index in [0.29, 0.717) is 12.8 Å². The number of hydrogen-bond donors (Lipinski definition) is 6. The predicted octanol–water partition coefficient (Wildman–Crippen LogP) is 9.17. The maximum absolute atomic E-state index is 12.8. The van der Waals surface area contributed by atoms with Crippen molar-refractivity contribution in [1.82, 2.24) is 0 Å². The van der Waals surface area contributed by atoms with Crippen LogP contribution in [0.3, 0.4) is 0 Å². The molecule has 0 heterocycles. The molecule has 61 heavy (non-hydrogen) atoms. The van der Waals surface area contributed by atoms with Gasteiger partial charge in [0.15, 0.2) is 6.10 Å². The molecule has 0 radical (unpaired) electrons. The van der Waals surface area contributed by atoms with Crippen LogP contribution in [0.2, 0.25) is 0 Å². The number of unbranched alkanes of at least 4 members (excludes halogenated alkanes) is 18. The average molecular weight is 887 g/mol. The largest absolute Gasteiger partial charge is 0.472 e. The van der Waals surface area contributed by atoms with Crippen LogP contribution in [-0.4, -0.2) is 98.3 Å². The van der Waals surface area contributed by atoms with Crippen LogP contribution in [-0.2, 0) is 32.7 Å². The van der Waals surface area contributed by atoms with E-state index in [1.54, 1.807) is 0 Å². The lowest BCUT2D eigenvalue weighted by Crippen LogP contribution is -2.64. The van der Waals surface area contributed by atoms with Crippen LogP contribution in [0.15, 0.2) is 48.6 Å². The number of phosphoric ester groups is 1. The molecule has 6 N–H and O–H groups in total. The van der Waals surface area contributed by atoms with Gasteiger partial charge in [-0.25, -0.2) is 4.57 Å². The van der Waals surface area contributed by atoms with Gasteiger partial charge in [0.1, 0.15) is 43.2 Å². The second kappa shape index (κ2) is 37.2. The minimum atomic E-state index is -5.13. The van der Waals surface area contributed by atoms with Crippen molar-refractivity contribution in [2.75, 3.05) is 13.2 Å². The molecular formula is C47H83O13P. The summed E-state index contributed by atoms with van der Waals surface area (Å²) in [6.07, 6.45) is 30.2. The Morgan fingerprint density at radius 1 is 0.508 bits per heavy atom. The molecule has 0 aliphatic heterocycles. The van der Waals surface area contributed by atoms with Crippen LogP contribution in [0.4, 0.5) is 0 Å². The lowest BCUT2D eigenvalue weighted by Gasteiger charge is -2.41. The van der Waals surface area contributed by atoms with Gasteiger partial charge >= 0.3 is 19.8 Å². The van der Waals surface area contributed by atoms with Gasteiger partial charge in [0.2, 0.25) is 0 Å². The standard InChI is InChI=1S/C47H83O13P/c1-3-5-7-9-11-13-15-17-18-19-20-21-22-24-26-28-30-32-34-36-41(49)59-39(38-58-61(55,56)60-47-45(53)43(51)42(50)44(52)46(47)54)37-57-40(48)35-33-31-29-27-25-23-16-14-12-10-8-6-4-2/h11,13,17-18,20-21,24,26,39,42-47,50-54H,3-10,12,14-16,19,22-23,25,27-38H2,1-2H3,(H,55,56)/b13-11+,18-17+,21-20+,26-24+/t39-,42?,43+,44?,45?,46?,47?/m1/s1. The molecule has 0 saturated heterocycles. The molecule has 13 nitrogen and oxygen atoms in total. The number of aliphatic hydroxyl groups excluding tert-OH is 5. The number of carbonyl (C=O) groups excluding carboxylic acids is 2. The molecule has 6 unspecified atom stereocenters. The molecule has 0 aromatic carbocycles. The van der Waals surface area contributed by atoms with E-state index in [1.165, 1.54) is 77.0 Å². The third-order valence-corrected chi connectivity index (χ3v) is 11.7. The molecule has 354 valence electrons. The van der Waals surface area contributed by atoms with E-state index in [1.807, 2.05) is 0 Å². The van der Waals surface area contributed by atoms with E-state index in [0.717, 1.165) is 64.2 Å². The number of carbonyl (C=O) groups is 2. The molecule has 0 aromatic rings. The highest BCUT2D eigenvalue weighted by molar-refractivity contribution is 7.47. The Morgan fingerprint density at radius 3 is 1.38 bits per heavy atom. The first kappa shape index (κ1) is 56.8. The van der Waals surface area contributed by atoms with Crippen LogP contribution in [0, 0.1) is 0 Å². The first-order valence-corrected chi connectivity index (χ1v) is 24.9. The summed E-state index contributed by atoms with van der Waals surface area (Å²) < 4.78 is 33.5. The van der Waals surface area contributed by atoms with Crippen LogP contribution in [0.25, 0.3) is 0 Å². The SMILES string of the molecule is CCCCC/C=C/C/C=C/C/C=C/C/C=C/CCCCCC(=O)O[C@H](COC(=O)CCCCCCCCCCCCCCC)COP(=O)(O)OC1C(O)C(O)C(O)[C@H](O)C1O. The van der Waals surface area contributed by atoms with Crippen molar-refractivity contribution < 1.29 is 63.1 Å². The number of aliphatic hydroxyl groups is 5. The smallest absolute Gasteiger partial charge is 0.462 e. The topological polar surface area (TPSA) is 210 Å². The lowest BCUT2D eigenvalue weighted by atomic mass is 9.85. The molecule has 14 heteroatoms. The second-order valence-electron chi connectivity index (χ2n) is 16.3. The fraction of sp³-hybridized carbons (Fsp3) is 0.787. The first-order valence-electron chi connectivity index (χ1n) is 23.4. The van der Waals surface area contributed by atoms with E-state index in [2.05, 4.69) is 62.5 Å². The molecule has 0 amide bonds. The second-order valence-corrected chi connectivity index (χ2v) is 17.7. The van der Waals surface area contributed by atoms with Gasteiger partial charge in [0.25, 0.3) is 0 Å². The summed E-state index contributed by atoms with van der Waals surface area (Å²) in [5.41, 5.74) is 0. The van der Waals surface area contributed by atoms with Crippen LogP contribution >= 0.6 is 7.82 Å². The first-order chi connectivity index (χ1) is 29.4. The fourth-order valence-electron chi connectivity index (χ4n) is 6.86. The summed E-state index contributed by atoms with van der Waals surface area (Å²) in [4.78, 5) is 35.7. The summed E-state index contributed by atoms with van der Waals surface area (Å²) in [5.74, 6) is -1.13. The van der Waals surface area contributed by atoms with Gasteiger partial charge in [0.05, 0.1) is 6.61 Å². The third-order valence-electron chi connectivity index (χ3n) is 10.7. The number of hydrogen-bond acceptors (Lipinski definition) is 12. The van der Waals surface area contributed by atoms with Gasteiger partial charge in [0, 0.05) is 12.8 Å². The molecule has 0 spiro atoms. The Bertz CT molecular complexity index is 1250. The maximum Gasteiger partial charge on any atom is 0.472 e. The molecule has 0 bridgehead atoms. The maximum atomic E-state index is 12.8. The van der Waals surface area contributed by atoms with Crippen molar-refractivity contribution in [3.05, 3.63) is 48.6 Å². The van der Waals surface area contributed by atoms with Crippen molar-refractivity contribution in [2.24, 2.45) is 0 Å². The molecular weight excluding hydrogens is 803 g/mol. The zero-order chi connectivity index (χ0) is 45.0. The highest BCUT2D eigenvalue weighted by Crippen LogP contribution is 2.47. The van der Waals surface area contributed by atoms with Gasteiger partial charge in [-0.15, -0.1) is 0 Å². The van der Waals surface area contributed by atoms with Gasteiger partial charge in [-0.1, -0.05) is 159 Å². The van der Waals surface area contributed by atoms with E-state index < -0.39 is 75.7 Å². The summed E-state index contributed by atoms with van der Waals surface area (Å²) in [6, 6.07) is 0. The fourth-order valence-corrected chi connectivity index (χ4v) is 7.83. The molecule has 1 rings (SSSR count). The zero-order valence-corrected chi connectivity index (χ0v) is 38.3. The Morgan fingerprint density at radius 2 is 0.885 bits per heavy atom. The van der Waals surface area contributed by atoms with Crippen molar-refractivity contribution >= 4 is 19.8 Å². The van der Waals surface area contributed by atoms with Crippen LogP contribution in [0.1, 0.15) is 181 Å². The summed E-state index contributed by atoms with van der Waals surface area (Å²) in [7, 11) is -5.13. The van der Waals surface area contributed by atoms with E-state index >= 15 is 0 Å². The average Bonchev–Trinajstić information content (AvgIpc) is 3.24. The molecule has 8 atom stereocenters. The van der Waals surface area contributed by atoms with E-state index in [4.69, 9.17) is 18.5 Å². The molecule has 1 aliphatic carbocycles. The normalized spacial score (nSPS) is 22.4. The van der Waals surface area contributed by atoms with Gasteiger partial charge in [-0.05, 0) is 57.8 Å². The number of esters is 2.